The van der Waals surface area contributed by atoms with E-state index in [1.807, 2.05) is 0 Å². The maximum atomic E-state index is 4.18. The highest BCUT2D eigenvalue weighted by atomic mass is 14.9. The third-order valence-electron chi connectivity index (χ3n) is 2.26. The summed E-state index contributed by atoms with van der Waals surface area (Å²) in [6.07, 6.45) is 8.15. The molecule has 2 aliphatic rings. The molecule has 0 atom stereocenters. The molecule has 12 heavy (non-hydrogen) atoms. The third kappa shape index (κ3) is 5.56. The van der Waals surface area contributed by atoms with E-state index in [2.05, 4.69) is 10.6 Å². The predicted molar refractivity (Wildman–Crippen MR) is 51.4 cm³/mol. The van der Waals surface area contributed by atoms with Gasteiger partial charge in [0.15, 0.2) is 0 Å². The van der Waals surface area contributed by atoms with Gasteiger partial charge in [-0.3, -0.25) is 0 Å². The Kier molecular flexibility index (Phi) is 6.30. The average Bonchev–Trinajstić information content (AvgIpc) is 2.24. The van der Waals surface area contributed by atoms with Crippen LogP contribution in [0, 0.1) is 0 Å². The number of hydrogen-bond donors (Lipinski definition) is 0. The normalized spacial score (nSPS) is 24.0. The SMILES string of the molecule is C1CC[N]CC1.C1CC[N]CC1. The summed E-state index contributed by atoms with van der Waals surface area (Å²) in [7, 11) is 0. The van der Waals surface area contributed by atoms with Gasteiger partial charge in [-0.15, -0.1) is 0 Å². The Hall–Kier alpha value is -0.0800. The fraction of sp³-hybridized carbons (Fsp3) is 1.00. The van der Waals surface area contributed by atoms with E-state index >= 15 is 0 Å². The van der Waals surface area contributed by atoms with Crippen LogP contribution >= 0.6 is 0 Å². The van der Waals surface area contributed by atoms with E-state index in [1.165, 1.54) is 38.5 Å². The smallest absolute Gasteiger partial charge is 0.0133 e. The van der Waals surface area contributed by atoms with Gasteiger partial charge >= 0.3 is 0 Å². The van der Waals surface area contributed by atoms with E-state index in [4.69, 9.17) is 0 Å². The van der Waals surface area contributed by atoms with Crippen molar-refractivity contribution in [2.24, 2.45) is 0 Å². The molecule has 0 unspecified atom stereocenters. The van der Waals surface area contributed by atoms with Crippen molar-refractivity contribution in [2.75, 3.05) is 26.2 Å². The fourth-order valence-electron chi connectivity index (χ4n) is 1.47. The molecular weight excluding hydrogens is 148 g/mol. The van der Waals surface area contributed by atoms with E-state index in [-0.39, 0.29) is 0 Å². The summed E-state index contributed by atoms with van der Waals surface area (Å²) in [6.45, 7) is 4.50. The van der Waals surface area contributed by atoms with Gasteiger partial charge in [-0.05, 0) is 25.7 Å². The number of piperidine rings is 2. The van der Waals surface area contributed by atoms with E-state index in [0.717, 1.165) is 26.2 Å². The molecule has 2 rings (SSSR count). The molecule has 2 radical (unpaired) electrons. The lowest BCUT2D eigenvalue weighted by Gasteiger charge is -2.06. The minimum Gasteiger partial charge on any atom is -0.242 e. The van der Waals surface area contributed by atoms with Crippen LogP contribution < -0.4 is 10.6 Å². The molecule has 0 aromatic rings. The molecule has 0 aliphatic carbocycles. The van der Waals surface area contributed by atoms with Crippen LogP contribution in [-0.2, 0) is 0 Å². The Morgan fingerprint density at radius 1 is 0.417 bits per heavy atom. The predicted octanol–water partition coefficient (Wildman–Crippen LogP) is 1.55. The zero-order chi connectivity index (χ0) is 8.49. The highest BCUT2D eigenvalue weighted by Gasteiger charge is 1.95. The second-order valence-corrected chi connectivity index (χ2v) is 3.46. The monoisotopic (exact) mass is 168 g/mol. The van der Waals surface area contributed by atoms with Crippen molar-refractivity contribution in [1.29, 1.82) is 0 Å². The van der Waals surface area contributed by atoms with Crippen molar-refractivity contribution in [3.8, 4) is 0 Å². The van der Waals surface area contributed by atoms with Gasteiger partial charge < -0.3 is 0 Å². The molecule has 0 N–H and O–H groups in total. The zero-order valence-corrected chi connectivity index (χ0v) is 7.97. The van der Waals surface area contributed by atoms with E-state index in [1.54, 1.807) is 0 Å². The third-order valence-corrected chi connectivity index (χ3v) is 2.26. The summed E-state index contributed by atoms with van der Waals surface area (Å²) >= 11 is 0. The summed E-state index contributed by atoms with van der Waals surface area (Å²) in [4.78, 5) is 0. The summed E-state index contributed by atoms with van der Waals surface area (Å²) < 4.78 is 0. The molecule has 0 amide bonds. The van der Waals surface area contributed by atoms with Crippen LogP contribution in [0.4, 0.5) is 0 Å². The van der Waals surface area contributed by atoms with Crippen LogP contribution in [0.2, 0.25) is 0 Å². The van der Waals surface area contributed by atoms with Crippen LogP contribution in [0.1, 0.15) is 38.5 Å². The van der Waals surface area contributed by atoms with Gasteiger partial charge in [-0.25, -0.2) is 10.6 Å². The lowest BCUT2D eigenvalue weighted by atomic mass is 10.2. The largest absolute Gasteiger partial charge is 0.242 e. The van der Waals surface area contributed by atoms with Crippen molar-refractivity contribution >= 4 is 0 Å². The maximum absolute atomic E-state index is 4.18. The van der Waals surface area contributed by atoms with Crippen LogP contribution in [0.5, 0.6) is 0 Å². The molecule has 2 nitrogen and oxygen atoms in total. The topological polar surface area (TPSA) is 28.2 Å². The molecule has 2 heteroatoms. The molecule has 0 bridgehead atoms. The Balaban J connectivity index is 0.000000120. The first-order valence-electron chi connectivity index (χ1n) is 5.26. The Morgan fingerprint density at radius 2 is 0.750 bits per heavy atom. The van der Waals surface area contributed by atoms with E-state index in [9.17, 15) is 0 Å². The number of rotatable bonds is 0. The molecule has 2 aliphatic heterocycles. The summed E-state index contributed by atoms with van der Waals surface area (Å²) in [5, 5.41) is 8.35. The Bertz CT molecular complexity index is 50.8. The molecule has 0 aromatic heterocycles. The highest BCUT2D eigenvalue weighted by Crippen LogP contribution is 1.98. The molecule has 2 saturated heterocycles. The molecule has 2 fully saturated rings. The minimum atomic E-state index is 1.12. The quantitative estimate of drug-likeness (QED) is 0.525. The van der Waals surface area contributed by atoms with Crippen molar-refractivity contribution < 1.29 is 0 Å². The van der Waals surface area contributed by atoms with Crippen molar-refractivity contribution in [1.82, 2.24) is 10.6 Å². The van der Waals surface area contributed by atoms with Gasteiger partial charge in [0, 0.05) is 26.2 Å². The lowest BCUT2D eigenvalue weighted by Crippen LogP contribution is -2.13. The molecule has 70 valence electrons. The second-order valence-electron chi connectivity index (χ2n) is 3.46. The van der Waals surface area contributed by atoms with Crippen LogP contribution in [0.15, 0.2) is 0 Å². The molecule has 0 saturated carbocycles. The van der Waals surface area contributed by atoms with Gasteiger partial charge in [0.1, 0.15) is 0 Å². The van der Waals surface area contributed by atoms with E-state index < -0.39 is 0 Å². The summed E-state index contributed by atoms with van der Waals surface area (Å²) in [6, 6.07) is 0. The van der Waals surface area contributed by atoms with Crippen LogP contribution in [0.3, 0.4) is 0 Å². The Morgan fingerprint density at radius 3 is 0.833 bits per heavy atom. The molecular formula is C10H20N2. The van der Waals surface area contributed by atoms with Gasteiger partial charge in [0.25, 0.3) is 0 Å². The first kappa shape index (κ1) is 10.0. The van der Waals surface area contributed by atoms with Gasteiger partial charge in [-0.1, -0.05) is 12.8 Å². The molecule has 2 heterocycles. The van der Waals surface area contributed by atoms with Crippen molar-refractivity contribution in [2.45, 2.75) is 38.5 Å². The average molecular weight is 168 g/mol. The van der Waals surface area contributed by atoms with Crippen molar-refractivity contribution in [3.05, 3.63) is 0 Å². The highest BCUT2D eigenvalue weighted by molar-refractivity contribution is 4.55. The maximum Gasteiger partial charge on any atom is 0.0133 e. The van der Waals surface area contributed by atoms with Gasteiger partial charge in [0.05, 0.1) is 0 Å². The molecule has 0 spiro atoms. The van der Waals surface area contributed by atoms with E-state index in [0.29, 0.717) is 0 Å². The number of nitrogens with zero attached hydrogens (tertiary/aromatic N) is 2. The van der Waals surface area contributed by atoms with Crippen LogP contribution in [-0.4, -0.2) is 26.2 Å². The van der Waals surface area contributed by atoms with Gasteiger partial charge in [-0.2, -0.15) is 0 Å². The first-order valence-corrected chi connectivity index (χ1v) is 5.26. The van der Waals surface area contributed by atoms with Crippen LogP contribution in [0.25, 0.3) is 0 Å². The zero-order valence-electron chi connectivity index (χ0n) is 7.97. The molecule has 0 aromatic carbocycles. The second kappa shape index (κ2) is 7.56. The van der Waals surface area contributed by atoms with Gasteiger partial charge in [0.2, 0.25) is 0 Å². The van der Waals surface area contributed by atoms with Crippen molar-refractivity contribution in [3.63, 3.8) is 0 Å². The lowest BCUT2D eigenvalue weighted by molar-refractivity contribution is 0.511. The minimum absolute atomic E-state index is 1.12. The number of hydrogen-bond acceptors (Lipinski definition) is 0. The summed E-state index contributed by atoms with van der Waals surface area (Å²) in [5.41, 5.74) is 0. The fourth-order valence-corrected chi connectivity index (χ4v) is 1.47. The summed E-state index contributed by atoms with van der Waals surface area (Å²) in [5.74, 6) is 0. The Labute approximate surface area is 76.1 Å². The first-order chi connectivity index (χ1) is 6.00. The standard InChI is InChI=1S/2C5H10N/c2*1-2-4-6-5-3-1/h2*1-5H2.